The summed E-state index contributed by atoms with van der Waals surface area (Å²) in [5, 5.41) is 0. The van der Waals surface area contributed by atoms with Gasteiger partial charge in [-0.15, -0.1) is 0 Å². The largest absolute Gasteiger partial charge is 0.332 e. The molecule has 0 aromatic heterocycles. The molecule has 0 aliphatic rings. The average molecular weight is 137 g/mol. The lowest BCUT2D eigenvalue weighted by atomic mass is 10.8. The quantitative estimate of drug-likeness (QED) is 0.576. The van der Waals surface area contributed by atoms with Crippen LogP contribution in [0.3, 0.4) is 0 Å². The molecule has 0 saturated carbocycles. The molecule has 1 unspecified atom stereocenters. The lowest BCUT2D eigenvalue weighted by Crippen LogP contribution is -2.05. The van der Waals surface area contributed by atoms with Crippen LogP contribution in [-0.4, -0.2) is 26.5 Å². The van der Waals surface area contributed by atoms with Gasteiger partial charge in [-0.1, -0.05) is 0 Å². The molecule has 0 aliphatic carbocycles. The highest BCUT2D eigenvalue weighted by Crippen LogP contribution is 2.39. The predicted molar refractivity (Wildman–Crippen MR) is 34.5 cm³/mol. The summed E-state index contributed by atoms with van der Waals surface area (Å²) in [6.45, 7) is 2.02. The first-order valence-electron chi connectivity index (χ1n) is 2.45. The van der Waals surface area contributed by atoms with Crippen LogP contribution in [0.5, 0.6) is 0 Å². The van der Waals surface area contributed by atoms with Crippen molar-refractivity contribution in [3.8, 4) is 0 Å². The maximum absolute atomic E-state index is 10.9. The van der Waals surface area contributed by atoms with Crippen molar-refractivity contribution in [1.29, 1.82) is 0 Å². The molecule has 0 fully saturated rings. The van der Waals surface area contributed by atoms with Gasteiger partial charge in [0.2, 0.25) is 7.37 Å². The van der Waals surface area contributed by atoms with Gasteiger partial charge < -0.3 is 10.3 Å². The van der Waals surface area contributed by atoms with Gasteiger partial charge in [-0.3, -0.25) is 4.57 Å². The Morgan fingerprint density at radius 3 is 2.38 bits per heavy atom. The lowest BCUT2D eigenvalue weighted by Gasteiger charge is -2.06. The van der Waals surface area contributed by atoms with Gasteiger partial charge in [-0.25, -0.2) is 0 Å². The van der Waals surface area contributed by atoms with Gasteiger partial charge in [0.15, 0.2) is 0 Å². The first-order valence-corrected chi connectivity index (χ1v) is 4.70. The summed E-state index contributed by atoms with van der Waals surface area (Å²) in [4.78, 5) is 0. The number of nitrogens with two attached hydrogens (primary N) is 1. The van der Waals surface area contributed by atoms with Crippen LogP contribution >= 0.6 is 7.37 Å². The zero-order chi connectivity index (χ0) is 6.62. The molecule has 4 heteroatoms. The van der Waals surface area contributed by atoms with Crippen LogP contribution < -0.4 is 5.73 Å². The number of rotatable bonds is 3. The summed E-state index contributed by atoms with van der Waals surface area (Å²) in [6.07, 6.45) is 0.476. The molecule has 0 radical (unpaired) electrons. The van der Waals surface area contributed by atoms with Crippen molar-refractivity contribution in [2.45, 2.75) is 0 Å². The third-order valence-corrected chi connectivity index (χ3v) is 2.76. The van der Waals surface area contributed by atoms with Crippen LogP contribution in [0.25, 0.3) is 0 Å². The Balaban J connectivity index is 3.55. The van der Waals surface area contributed by atoms with E-state index in [4.69, 9.17) is 5.73 Å². The van der Waals surface area contributed by atoms with E-state index in [1.54, 1.807) is 6.66 Å². The van der Waals surface area contributed by atoms with Crippen LogP contribution in [0.1, 0.15) is 0 Å². The summed E-state index contributed by atoms with van der Waals surface area (Å²) in [5.74, 6) is 0. The maximum atomic E-state index is 10.9. The molecule has 0 aromatic carbocycles. The molecule has 0 amide bonds. The third-order valence-electron chi connectivity index (χ3n) is 0.921. The van der Waals surface area contributed by atoms with Crippen LogP contribution in [0.15, 0.2) is 0 Å². The second-order valence-corrected chi connectivity index (χ2v) is 4.55. The van der Waals surface area contributed by atoms with Crippen LogP contribution in [-0.2, 0) is 9.09 Å². The molecular weight excluding hydrogens is 125 g/mol. The first kappa shape index (κ1) is 8.15. The van der Waals surface area contributed by atoms with Crippen LogP contribution in [0.2, 0.25) is 0 Å². The standard InChI is InChI=1S/C4H12NO2P/c1-7-8(2,6)4-3-5/h3-5H2,1-2H3. The minimum Gasteiger partial charge on any atom is -0.332 e. The fourth-order valence-electron chi connectivity index (χ4n) is 0.326. The Bertz CT molecular complexity index is 104. The van der Waals surface area contributed by atoms with Crippen molar-refractivity contribution in [1.82, 2.24) is 0 Å². The molecule has 0 rings (SSSR count). The molecule has 1 atom stereocenters. The van der Waals surface area contributed by atoms with Crippen molar-refractivity contribution >= 4 is 7.37 Å². The lowest BCUT2D eigenvalue weighted by molar-refractivity contribution is 0.399. The molecule has 0 aliphatic heterocycles. The SMILES string of the molecule is COP(C)(=O)CCN. The van der Waals surface area contributed by atoms with Crippen molar-refractivity contribution in [2.24, 2.45) is 5.73 Å². The van der Waals surface area contributed by atoms with Gasteiger partial charge in [-0.05, 0) is 0 Å². The van der Waals surface area contributed by atoms with E-state index in [0.717, 1.165) is 0 Å². The Hall–Kier alpha value is 0.150. The number of hydrogen-bond acceptors (Lipinski definition) is 3. The highest BCUT2D eigenvalue weighted by atomic mass is 31.2. The van der Waals surface area contributed by atoms with Crippen molar-refractivity contribution < 1.29 is 9.09 Å². The van der Waals surface area contributed by atoms with Crippen molar-refractivity contribution in [3.05, 3.63) is 0 Å². The van der Waals surface area contributed by atoms with E-state index >= 15 is 0 Å². The molecule has 0 bridgehead atoms. The Morgan fingerprint density at radius 1 is 1.75 bits per heavy atom. The van der Waals surface area contributed by atoms with Crippen LogP contribution in [0, 0.1) is 0 Å². The zero-order valence-corrected chi connectivity index (χ0v) is 6.15. The molecular formula is C4H12NO2P. The average Bonchev–Trinajstić information content (AvgIpc) is 1.67. The van der Waals surface area contributed by atoms with E-state index < -0.39 is 7.37 Å². The zero-order valence-electron chi connectivity index (χ0n) is 5.26. The highest BCUT2D eigenvalue weighted by Gasteiger charge is 2.10. The minimum atomic E-state index is -2.30. The molecule has 0 aromatic rings. The highest BCUT2D eigenvalue weighted by molar-refractivity contribution is 7.58. The maximum Gasteiger partial charge on any atom is 0.201 e. The summed E-state index contributed by atoms with van der Waals surface area (Å²) in [5.41, 5.74) is 5.14. The summed E-state index contributed by atoms with van der Waals surface area (Å²) < 4.78 is 15.5. The fourth-order valence-corrected chi connectivity index (χ4v) is 0.977. The number of hydrogen-bond donors (Lipinski definition) is 1. The topological polar surface area (TPSA) is 52.3 Å². The van der Waals surface area contributed by atoms with E-state index in [1.807, 2.05) is 0 Å². The van der Waals surface area contributed by atoms with E-state index in [0.29, 0.717) is 12.7 Å². The van der Waals surface area contributed by atoms with Crippen molar-refractivity contribution in [2.75, 3.05) is 26.5 Å². The monoisotopic (exact) mass is 137 g/mol. The Morgan fingerprint density at radius 2 is 2.25 bits per heavy atom. The van der Waals surface area contributed by atoms with Crippen LogP contribution in [0.4, 0.5) is 0 Å². The fraction of sp³-hybridized carbons (Fsp3) is 1.00. The van der Waals surface area contributed by atoms with E-state index in [1.165, 1.54) is 7.11 Å². The van der Waals surface area contributed by atoms with E-state index in [9.17, 15) is 4.57 Å². The molecule has 0 saturated heterocycles. The predicted octanol–water partition coefficient (Wildman–Crippen LogP) is 0.499. The second kappa shape index (κ2) is 3.23. The molecule has 2 N–H and O–H groups in total. The Kier molecular flexibility index (Phi) is 3.29. The van der Waals surface area contributed by atoms with Gasteiger partial charge in [0, 0.05) is 26.5 Å². The molecule has 0 spiro atoms. The van der Waals surface area contributed by atoms with Gasteiger partial charge in [0.25, 0.3) is 0 Å². The molecule has 8 heavy (non-hydrogen) atoms. The smallest absolute Gasteiger partial charge is 0.201 e. The minimum absolute atomic E-state index is 0.432. The normalized spacial score (nSPS) is 17.9. The van der Waals surface area contributed by atoms with Crippen molar-refractivity contribution in [3.63, 3.8) is 0 Å². The first-order chi connectivity index (χ1) is 3.62. The third kappa shape index (κ3) is 3.19. The summed E-state index contributed by atoms with van der Waals surface area (Å²) >= 11 is 0. The van der Waals surface area contributed by atoms with E-state index in [-0.39, 0.29) is 0 Å². The van der Waals surface area contributed by atoms with Gasteiger partial charge in [-0.2, -0.15) is 0 Å². The Labute approximate surface area is 49.7 Å². The van der Waals surface area contributed by atoms with Gasteiger partial charge in [0.1, 0.15) is 0 Å². The molecule has 50 valence electrons. The molecule has 3 nitrogen and oxygen atoms in total. The summed E-state index contributed by atoms with van der Waals surface area (Å²) in [7, 11) is -0.858. The molecule has 0 heterocycles. The van der Waals surface area contributed by atoms with E-state index in [2.05, 4.69) is 4.52 Å². The van der Waals surface area contributed by atoms with Gasteiger partial charge >= 0.3 is 0 Å². The second-order valence-electron chi connectivity index (χ2n) is 1.71. The van der Waals surface area contributed by atoms with Gasteiger partial charge in [0.05, 0.1) is 0 Å². The summed E-state index contributed by atoms with van der Waals surface area (Å²) in [6, 6.07) is 0.